The highest BCUT2D eigenvalue weighted by atomic mass is 16.2. The van der Waals surface area contributed by atoms with Gasteiger partial charge in [0.1, 0.15) is 0 Å². The zero-order valence-electron chi connectivity index (χ0n) is 8.13. The Labute approximate surface area is 74.1 Å². The molecule has 1 amide bonds. The molecule has 0 saturated carbocycles. The van der Waals surface area contributed by atoms with Crippen molar-refractivity contribution in [2.45, 2.75) is 39.3 Å². The Hall–Kier alpha value is -0.570. The highest BCUT2D eigenvalue weighted by Crippen LogP contribution is 2.09. The maximum atomic E-state index is 11.4. The van der Waals surface area contributed by atoms with Crippen molar-refractivity contribution >= 4 is 5.91 Å². The maximum absolute atomic E-state index is 11.4. The molecule has 2 unspecified atom stereocenters. The molecule has 0 aromatic heterocycles. The topological polar surface area (TPSA) is 32.3 Å². The standard InChI is InChI=1S/C9H18N2O/c1-4-9(12)11-6-5-10-7(2)8(11)3/h7-8,10H,4-6H2,1-3H3. The van der Waals surface area contributed by atoms with Gasteiger partial charge >= 0.3 is 0 Å². The van der Waals surface area contributed by atoms with E-state index < -0.39 is 0 Å². The van der Waals surface area contributed by atoms with Gasteiger partial charge in [0.2, 0.25) is 5.91 Å². The number of piperazine rings is 1. The Morgan fingerprint density at radius 2 is 2.25 bits per heavy atom. The number of amides is 1. The molecule has 0 aromatic rings. The molecule has 1 N–H and O–H groups in total. The van der Waals surface area contributed by atoms with Gasteiger partial charge in [-0.2, -0.15) is 0 Å². The van der Waals surface area contributed by atoms with Crippen molar-refractivity contribution in [2.75, 3.05) is 13.1 Å². The van der Waals surface area contributed by atoms with Crippen LogP contribution in [0.4, 0.5) is 0 Å². The van der Waals surface area contributed by atoms with Crippen molar-refractivity contribution in [2.24, 2.45) is 0 Å². The molecule has 12 heavy (non-hydrogen) atoms. The van der Waals surface area contributed by atoms with Crippen LogP contribution in [0.3, 0.4) is 0 Å². The second kappa shape index (κ2) is 3.90. The highest BCUT2D eigenvalue weighted by molar-refractivity contribution is 5.76. The number of rotatable bonds is 1. The fourth-order valence-electron chi connectivity index (χ4n) is 1.61. The molecule has 1 saturated heterocycles. The van der Waals surface area contributed by atoms with Gasteiger partial charge in [-0.05, 0) is 13.8 Å². The third-order valence-electron chi connectivity index (χ3n) is 2.66. The van der Waals surface area contributed by atoms with Gasteiger partial charge in [-0.15, -0.1) is 0 Å². The van der Waals surface area contributed by atoms with Crippen LogP contribution in [-0.4, -0.2) is 36.0 Å². The van der Waals surface area contributed by atoms with Gasteiger partial charge in [0, 0.05) is 31.6 Å². The zero-order chi connectivity index (χ0) is 9.14. The quantitative estimate of drug-likeness (QED) is 0.625. The molecule has 0 bridgehead atoms. The molecule has 0 aliphatic carbocycles. The molecule has 0 spiro atoms. The predicted molar refractivity (Wildman–Crippen MR) is 48.9 cm³/mol. The summed E-state index contributed by atoms with van der Waals surface area (Å²) in [6, 6.07) is 0.764. The lowest BCUT2D eigenvalue weighted by atomic mass is 10.1. The van der Waals surface area contributed by atoms with E-state index in [9.17, 15) is 4.79 Å². The Morgan fingerprint density at radius 1 is 1.58 bits per heavy atom. The molecule has 1 fully saturated rings. The summed E-state index contributed by atoms with van der Waals surface area (Å²) < 4.78 is 0. The van der Waals surface area contributed by atoms with Crippen LogP contribution < -0.4 is 5.32 Å². The van der Waals surface area contributed by atoms with Crippen LogP contribution in [0.15, 0.2) is 0 Å². The fourth-order valence-corrected chi connectivity index (χ4v) is 1.61. The first-order valence-electron chi connectivity index (χ1n) is 4.69. The monoisotopic (exact) mass is 170 g/mol. The molecular weight excluding hydrogens is 152 g/mol. The number of carbonyl (C=O) groups is 1. The van der Waals surface area contributed by atoms with Crippen molar-refractivity contribution in [1.29, 1.82) is 0 Å². The Balaban J connectivity index is 2.57. The molecule has 0 aromatic carbocycles. The minimum atomic E-state index is 0.274. The van der Waals surface area contributed by atoms with Crippen LogP contribution in [0.2, 0.25) is 0 Å². The number of carbonyl (C=O) groups excluding carboxylic acids is 1. The van der Waals surface area contributed by atoms with E-state index in [1.807, 2.05) is 11.8 Å². The van der Waals surface area contributed by atoms with E-state index in [4.69, 9.17) is 0 Å². The molecular formula is C9H18N2O. The van der Waals surface area contributed by atoms with Gasteiger partial charge in [-0.3, -0.25) is 4.79 Å². The first-order valence-corrected chi connectivity index (χ1v) is 4.69. The van der Waals surface area contributed by atoms with E-state index in [1.165, 1.54) is 0 Å². The summed E-state index contributed by atoms with van der Waals surface area (Å²) in [4.78, 5) is 13.4. The Morgan fingerprint density at radius 3 is 2.83 bits per heavy atom. The second-order valence-corrected chi connectivity index (χ2v) is 3.42. The summed E-state index contributed by atoms with van der Waals surface area (Å²) >= 11 is 0. The van der Waals surface area contributed by atoms with E-state index >= 15 is 0 Å². The van der Waals surface area contributed by atoms with Crippen molar-refractivity contribution in [3.8, 4) is 0 Å². The summed E-state index contributed by atoms with van der Waals surface area (Å²) in [5.74, 6) is 0.274. The maximum Gasteiger partial charge on any atom is 0.222 e. The molecule has 1 heterocycles. The van der Waals surface area contributed by atoms with Gasteiger partial charge in [0.15, 0.2) is 0 Å². The van der Waals surface area contributed by atoms with Crippen LogP contribution in [-0.2, 0) is 4.79 Å². The average molecular weight is 170 g/mol. The van der Waals surface area contributed by atoms with Crippen LogP contribution in [0, 0.1) is 0 Å². The Bertz CT molecular complexity index is 170. The third kappa shape index (κ3) is 1.78. The lowest BCUT2D eigenvalue weighted by molar-refractivity contribution is -0.134. The summed E-state index contributed by atoms with van der Waals surface area (Å²) in [5, 5.41) is 3.35. The van der Waals surface area contributed by atoms with Crippen LogP contribution in [0.1, 0.15) is 27.2 Å². The van der Waals surface area contributed by atoms with E-state index in [0.717, 1.165) is 13.1 Å². The first kappa shape index (κ1) is 9.52. The molecule has 1 aliphatic heterocycles. The van der Waals surface area contributed by atoms with E-state index in [-0.39, 0.29) is 5.91 Å². The van der Waals surface area contributed by atoms with Gasteiger partial charge in [-0.25, -0.2) is 0 Å². The molecule has 1 rings (SSSR count). The third-order valence-corrected chi connectivity index (χ3v) is 2.66. The molecule has 3 nitrogen and oxygen atoms in total. The number of hydrogen-bond acceptors (Lipinski definition) is 2. The normalized spacial score (nSPS) is 30.4. The molecule has 70 valence electrons. The summed E-state index contributed by atoms with van der Waals surface area (Å²) in [7, 11) is 0. The van der Waals surface area contributed by atoms with Crippen molar-refractivity contribution in [1.82, 2.24) is 10.2 Å². The largest absolute Gasteiger partial charge is 0.337 e. The van der Waals surface area contributed by atoms with Gasteiger partial charge in [0.25, 0.3) is 0 Å². The summed E-state index contributed by atoms with van der Waals surface area (Å²) in [5.41, 5.74) is 0. The molecule has 1 aliphatic rings. The fraction of sp³-hybridized carbons (Fsp3) is 0.889. The lowest BCUT2D eigenvalue weighted by Gasteiger charge is -2.38. The average Bonchev–Trinajstić information content (AvgIpc) is 2.08. The van der Waals surface area contributed by atoms with Crippen molar-refractivity contribution in [3.05, 3.63) is 0 Å². The molecule has 2 atom stereocenters. The van der Waals surface area contributed by atoms with Crippen LogP contribution >= 0.6 is 0 Å². The highest BCUT2D eigenvalue weighted by Gasteiger charge is 2.26. The minimum absolute atomic E-state index is 0.274. The SMILES string of the molecule is CCC(=O)N1CCNC(C)C1C. The lowest BCUT2D eigenvalue weighted by Crippen LogP contribution is -2.57. The van der Waals surface area contributed by atoms with Crippen molar-refractivity contribution < 1.29 is 4.79 Å². The summed E-state index contributed by atoms with van der Waals surface area (Å²) in [6.07, 6.45) is 0.622. The van der Waals surface area contributed by atoms with E-state index in [1.54, 1.807) is 0 Å². The summed E-state index contributed by atoms with van der Waals surface area (Å²) in [6.45, 7) is 7.93. The van der Waals surface area contributed by atoms with Crippen molar-refractivity contribution in [3.63, 3.8) is 0 Å². The first-order chi connectivity index (χ1) is 5.66. The van der Waals surface area contributed by atoms with E-state index in [0.29, 0.717) is 18.5 Å². The number of nitrogens with one attached hydrogen (secondary N) is 1. The number of hydrogen-bond donors (Lipinski definition) is 1. The molecule has 0 radical (unpaired) electrons. The van der Waals surface area contributed by atoms with Crippen LogP contribution in [0.5, 0.6) is 0 Å². The smallest absolute Gasteiger partial charge is 0.222 e. The van der Waals surface area contributed by atoms with Crippen LogP contribution in [0.25, 0.3) is 0 Å². The van der Waals surface area contributed by atoms with E-state index in [2.05, 4.69) is 19.2 Å². The second-order valence-electron chi connectivity index (χ2n) is 3.42. The predicted octanol–water partition coefficient (Wildman–Crippen LogP) is 0.605. The van der Waals surface area contributed by atoms with Gasteiger partial charge in [-0.1, -0.05) is 6.92 Å². The van der Waals surface area contributed by atoms with Gasteiger partial charge in [0.05, 0.1) is 0 Å². The molecule has 3 heteroatoms. The Kier molecular flexibility index (Phi) is 3.09. The van der Waals surface area contributed by atoms with Gasteiger partial charge < -0.3 is 10.2 Å². The number of nitrogens with zero attached hydrogens (tertiary/aromatic N) is 1. The minimum Gasteiger partial charge on any atom is -0.337 e. The zero-order valence-corrected chi connectivity index (χ0v) is 8.13.